The average molecular weight is 302 g/mol. The minimum absolute atomic E-state index is 0.0770. The molecule has 4 saturated carbocycles. The van der Waals surface area contributed by atoms with Crippen LogP contribution in [0.2, 0.25) is 0 Å². The highest BCUT2D eigenvalue weighted by atomic mass is 16.3. The Balaban J connectivity index is 1.77. The van der Waals surface area contributed by atoms with Gasteiger partial charge in [-0.3, -0.25) is 4.79 Å². The molecule has 22 heavy (non-hydrogen) atoms. The molecule has 4 aliphatic carbocycles. The number of ketones is 1. The molecule has 6 atom stereocenters. The van der Waals surface area contributed by atoms with Gasteiger partial charge in [0.15, 0.2) is 5.78 Å². The molecular formula is C20H30O2. The van der Waals surface area contributed by atoms with Crippen LogP contribution in [0.4, 0.5) is 0 Å². The van der Waals surface area contributed by atoms with Crippen LogP contribution in [0.1, 0.15) is 65.7 Å². The monoisotopic (exact) mass is 302 g/mol. The number of allylic oxidation sites excluding steroid dienone is 1. The molecule has 0 radical (unpaired) electrons. The molecule has 1 N–H and O–H groups in total. The minimum Gasteiger partial charge on any atom is -0.385 e. The number of carbonyl (C=O) groups is 1. The normalized spacial score (nSPS) is 53.1. The van der Waals surface area contributed by atoms with Crippen LogP contribution >= 0.6 is 0 Å². The first-order chi connectivity index (χ1) is 10.2. The summed E-state index contributed by atoms with van der Waals surface area (Å²) in [5.41, 5.74) is 1.70. The van der Waals surface area contributed by atoms with Crippen molar-refractivity contribution >= 4 is 5.78 Å². The number of Topliss-reactive ketones (excluding diaryl/α,β-unsaturated/α-hetero) is 1. The number of aliphatic hydroxyl groups is 1. The van der Waals surface area contributed by atoms with E-state index < -0.39 is 6.10 Å². The van der Waals surface area contributed by atoms with E-state index in [0.29, 0.717) is 23.7 Å². The van der Waals surface area contributed by atoms with E-state index in [0.717, 1.165) is 5.92 Å². The summed E-state index contributed by atoms with van der Waals surface area (Å²) in [5, 5.41) is 10.5. The van der Waals surface area contributed by atoms with Crippen molar-refractivity contribution in [2.45, 2.75) is 71.8 Å². The second-order valence-corrected chi connectivity index (χ2v) is 9.69. The summed E-state index contributed by atoms with van der Waals surface area (Å²) in [7, 11) is 0. The van der Waals surface area contributed by atoms with Gasteiger partial charge in [-0.2, -0.15) is 0 Å². The molecule has 2 heteroatoms. The molecule has 0 aromatic rings. The largest absolute Gasteiger partial charge is 0.385 e. The van der Waals surface area contributed by atoms with Gasteiger partial charge in [-0.1, -0.05) is 32.9 Å². The van der Waals surface area contributed by atoms with Crippen molar-refractivity contribution in [3.05, 3.63) is 12.2 Å². The predicted octanol–water partition coefficient (Wildman–Crippen LogP) is 4.13. The molecule has 0 amide bonds. The Labute approximate surface area is 134 Å². The summed E-state index contributed by atoms with van der Waals surface area (Å²) in [5.74, 6) is 1.94. The van der Waals surface area contributed by atoms with Crippen molar-refractivity contribution in [1.82, 2.24) is 0 Å². The van der Waals surface area contributed by atoms with Gasteiger partial charge in [0.1, 0.15) is 6.10 Å². The third-order valence-electron chi connectivity index (χ3n) is 8.34. The highest BCUT2D eigenvalue weighted by molar-refractivity contribution is 5.85. The lowest BCUT2D eigenvalue weighted by molar-refractivity contribution is -0.186. The molecule has 4 fully saturated rings. The maximum atomic E-state index is 12.5. The summed E-state index contributed by atoms with van der Waals surface area (Å²) in [6, 6.07) is 0. The standard InChI is InChI=1S/C20H30O2/c1-12-9-20-8-7-15-18(2,3)17(22)14(21)11-19(15,4)16(20)6-5-13(12)10-20/h13,15-17,22H,1,5-11H2,2-4H3/t13-,15-,16+,17-,19-,20-/m1/s1. The fourth-order valence-corrected chi connectivity index (χ4v) is 7.49. The number of hydrogen-bond donors (Lipinski definition) is 1. The molecule has 0 aliphatic heterocycles. The van der Waals surface area contributed by atoms with Gasteiger partial charge in [0.05, 0.1) is 0 Å². The molecule has 4 aliphatic rings. The van der Waals surface area contributed by atoms with E-state index >= 15 is 0 Å². The van der Waals surface area contributed by atoms with Crippen LogP contribution in [-0.2, 0) is 4.79 Å². The summed E-state index contributed by atoms with van der Waals surface area (Å²) >= 11 is 0. The van der Waals surface area contributed by atoms with Crippen molar-refractivity contribution in [2.24, 2.45) is 34.0 Å². The van der Waals surface area contributed by atoms with Crippen LogP contribution in [0.15, 0.2) is 12.2 Å². The van der Waals surface area contributed by atoms with Gasteiger partial charge in [-0.15, -0.1) is 0 Å². The predicted molar refractivity (Wildman–Crippen MR) is 87.3 cm³/mol. The SMILES string of the molecule is C=C1C[C@@]23CC[C@@H]4C(C)(C)[C@H](O)C(=O)C[C@@]4(C)[C@@H]2CC[C@@H]1C3. The van der Waals surface area contributed by atoms with Crippen LogP contribution in [0.5, 0.6) is 0 Å². The van der Waals surface area contributed by atoms with Crippen LogP contribution in [0.25, 0.3) is 0 Å². The van der Waals surface area contributed by atoms with Gasteiger partial charge in [0, 0.05) is 11.8 Å². The van der Waals surface area contributed by atoms with E-state index in [4.69, 9.17) is 0 Å². The molecule has 0 aromatic heterocycles. The van der Waals surface area contributed by atoms with Gasteiger partial charge in [0.2, 0.25) is 0 Å². The topological polar surface area (TPSA) is 37.3 Å². The zero-order valence-electron chi connectivity index (χ0n) is 14.3. The molecule has 122 valence electrons. The summed E-state index contributed by atoms with van der Waals surface area (Å²) < 4.78 is 0. The third kappa shape index (κ3) is 1.63. The Hall–Kier alpha value is -0.630. The number of hydrogen-bond acceptors (Lipinski definition) is 2. The van der Waals surface area contributed by atoms with Gasteiger partial charge in [0.25, 0.3) is 0 Å². The van der Waals surface area contributed by atoms with E-state index in [-0.39, 0.29) is 16.6 Å². The van der Waals surface area contributed by atoms with Gasteiger partial charge < -0.3 is 5.11 Å². The van der Waals surface area contributed by atoms with E-state index in [9.17, 15) is 9.90 Å². The highest BCUT2D eigenvalue weighted by Gasteiger charge is 2.65. The Morgan fingerprint density at radius 3 is 2.55 bits per heavy atom. The third-order valence-corrected chi connectivity index (χ3v) is 8.34. The molecule has 0 aromatic carbocycles. The maximum Gasteiger partial charge on any atom is 0.162 e. The molecule has 1 spiro atoms. The second-order valence-electron chi connectivity index (χ2n) is 9.69. The highest BCUT2D eigenvalue weighted by Crippen LogP contribution is 2.71. The first-order valence-electron chi connectivity index (χ1n) is 9.09. The zero-order valence-corrected chi connectivity index (χ0v) is 14.3. The first-order valence-corrected chi connectivity index (χ1v) is 9.09. The Morgan fingerprint density at radius 1 is 1.09 bits per heavy atom. The Bertz CT molecular complexity index is 548. The van der Waals surface area contributed by atoms with Gasteiger partial charge in [-0.05, 0) is 67.1 Å². The number of rotatable bonds is 0. The summed E-state index contributed by atoms with van der Waals surface area (Å²) in [6.07, 6.45) is 7.31. The number of fused-ring (bicyclic) bond motifs is 3. The fourth-order valence-electron chi connectivity index (χ4n) is 7.49. The quantitative estimate of drug-likeness (QED) is 0.683. The molecular weight excluding hydrogens is 272 g/mol. The van der Waals surface area contributed by atoms with Crippen molar-refractivity contribution in [2.75, 3.05) is 0 Å². The first kappa shape index (κ1) is 14.9. The molecule has 0 saturated heterocycles. The van der Waals surface area contributed by atoms with Crippen LogP contribution in [0, 0.1) is 34.0 Å². The number of carbonyl (C=O) groups excluding carboxylic acids is 1. The molecule has 2 nitrogen and oxygen atoms in total. The van der Waals surface area contributed by atoms with Gasteiger partial charge in [-0.25, -0.2) is 0 Å². The van der Waals surface area contributed by atoms with E-state index in [2.05, 4.69) is 27.4 Å². The lowest BCUT2D eigenvalue weighted by Crippen LogP contribution is -2.62. The minimum atomic E-state index is -0.769. The van der Waals surface area contributed by atoms with E-state index in [1.54, 1.807) is 0 Å². The van der Waals surface area contributed by atoms with Crippen molar-refractivity contribution in [3.8, 4) is 0 Å². The van der Waals surface area contributed by atoms with Crippen molar-refractivity contribution < 1.29 is 9.90 Å². The lowest BCUT2D eigenvalue weighted by atomic mass is 9.40. The summed E-state index contributed by atoms with van der Waals surface area (Å²) in [6.45, 7) is 11.0. The van der Waals surface area contributed by atoms with Crippen LogP contribution in [-0.4, -0.2) is 17.0 Å². The molecule has 0 heterocycles. The zero-order chi connectivity index (χ0) is 15.9. The lowest BCUT2D eigenvalue weighted by Gasteiger charge is -2.64. The van der Waals surface area contributed by atoms with E-state index in [1.165, 1.54) is 44.1 Å². The second kappa shape index (κ2) is 4.26. The van der Waals surface area contributed by atoms with Crippen molar-refractivity contribution in [3.63, 3.8) is 0 Å². The Morgan fingerprint density at radius 2 is 1.82 bits per heavy atom. The maximum absolute atomic E-state index is 12.5. The summed E-state index contributed by atoms with van der Waals surface area (Å²) in [4.78, 5) is 12.5. The van der Waals surface area contributed by atoms with Crippen LogP contribution in [0.3, 0.4) is 0 Å². The molecule has 4 rings (SSSR count). The van der Waals surface area contributed by atoms with E-state index in [1.807, 2.05) is 0 Å². The van der Waals surface area contributed by atoms with Gasteiger partial charge >= 0.3 is 0 Å². The molecule has 2 bridgehead atoms. The fraction of sp³-hybridized carbons (Fsp3) is 0.850. The Kier molecular flexibility index (Phi) is 2.89. The average Bonchev–Trinajstić information content (AvgIpc) is 2.66. The number of aliphatic hydroxyl groups excluding tert-OH is 1. The van der Waals surface area contributed by atoms with Crippen LogP contribution < -0.4 is 0 Å². The van der Waals surface area contributed by atoms with Crippen molar-refractivity contribution in [1.29, 1.82) is 0 Å². The molecule has 0 unspecified atom stereocenters. The smallest absolute Gasteiger partial charge is 0.162 e.